The number of amides is 3. The highest BCUT2D eigenvalue weighted by atomic mass is 16.6. The van der Waals surface area contributed by atoms with Crippen LogP contribution in [0, 0.1) is 0 Å². The average molecular weight is 534 g/mol. The molecule has 0 spiro atoms. The fourth-order valence-corrected chi connectivity index (χ4v) is 4.40. The van der Waals surface area contributed by atoms with Crippen LogP contribution >= 0.6 is 0 Å². The maximum absolute atomic E-state index is 13.7. The number of hydrogen-bond acceptors (Lipinski definition) is 6. The van der Waals surface area contributed by atoms with E-state index in [2.05, 4.69) is 26.1 Å². The standard InChI is InChI=1S/C28H35N7O4/c1-28(2,30)27(38)35-24(12-18-14-32-23-10-6-4-8-21(18)23)26(37)34-19(15-33-39-16-25(29)36)11-17-13-31-22-9-5-3-7-20(17)22/h3-10,13-14,19,24,31-33H,11-12,15-16,30H2,1-2H3,(H2,29,36)(H,34,37)(H,35,38)/t19-,24-/m1/s1. The first-order chi connectivity index (χ1) is 18.6. The monoisotopic (exact) mass is 533 g/mol. The summed E-state index contributed by atoms with van der Waals surface area (Å²) in [6.45, 7) is 3.05. The number of carbonyl (C=O) groups is 3. The van der Waals surface area contributed by atoms with Crippen LogP contribution in [0.25, 0.3) is 21.8 Å². The Morgan fingerprint density at radius 2 is 1.46 bits per heavy atom. The van der Waals surface area contributed by atoms with E-state index in [9.17, 15) is 14.4 Å². The Kier molecular flexibility index (Phi) is 8.65. The van der Waals surface area contributed by atoms with Crippen molar-refractivity contribution in [3.05, 3.63) is 72.1 Å². The molecule has 4 rings (SSSR count). The topological polar surface area (TPSA) is 180 Å². The highest BCUT2D eigenvalue weighted by molar-refractivity contribution is 5.92. The Labute approximate surface area is 226 Å². The number of aromatic amines is 2. The summed E-state index contributed by atoms with van der Waals surface area (Å²) in [4.78, 5) is 49.2. The first kappa shape index (κ1) is 27.8. The second-order valence-corrected chi connectivity index (χ2v) is 10.2. The van der Waals surface area contributed by atoms with E-state index in [0.717, 1.165) is 32.9 Å². The molecular weight excluding hydrogens is 498 g/mol. The molecule has 0 aliphatic heterocycles. The van der Waals surface area contributed by atoms with Crippen LogP contribution in [0.2, 0.25) is 0 Å². The second kappa shape index (κ2) is 12.1. The van der Waals surface area contributed by atoms with Gasteiger partial charge >= 0.3 is 0 Å². The van der Waals surface area contributed by atoms with Gasteiger partial charge in [-0.15, -0.1) is 0 Å². The van der Waals surface area contributed by atoms with Gasteiger partial charge in [0.25, 0.3) is 0 Å². The number of fused-ring (bicyclic) bond motifs is 2. The molecule has 0 fully saturated rings. The highest BCUT2D eigenvalue weighted by Crippen LogP contribution is 2.21. The van der Waals surface area contributed by atoms with E-state index in [0.29, 0.717) is 6.42 Å². The first-order valence-electron chi connectivity index (χ1n) is 12.7. The molecule has 2 aromatic carbocycles. The van der Waals surface area contributed by atoms with Crippen LogP contribution in [0.4, 0.5) is 0 Å². The fourth-order valence-electron chi connectivity index (χ4n) is 4.40. The maximum atomic E-state index is 13.7. The number of rotatable bonds is 13. The van der Waals surface area contributed by atoms with Gasteiger partial charge in [-0.25, -0.2) is 0 Å². The predicted octanol–water partition coefficient (Wildman–Crippen LogP) is 1.15. The lowest BCUT2D eigenvalue weighted by atomic mass is 10.0. The summed E-state index contributed by atoms with van der Waals surface area (Å²) in [6.07, 6.45) is 4.45. The molecule has 2 aromatic heterocycles. The van der Waals surface area contributed by atoms with Gasteiger partial charge in [-0.05, 0) is 43.5 Å². The third kappa shape index (κ3) is 7.23. The van der Waals surface area contributed by atoms with Crippen LogP contribution in [0.1, 0.15) is 25.0 Å². The summed E-state index contributed by atoms with van der Waals surface area (Å²) in [5.74, 6) is -1.44. The van der Waals surface area contributed by atoms with Gasteiger partial charge in [-0.2, -0.15) is 5.48 Å². The number of benzene rings is 2. The van der Waals surface area contributed by atoms with Gasteiger partial charge in [0.15, 0.2) is 0 Å². The van der Waals surface area contributed by atoms with E-state index >= 15 is 0 Å². The molecule has 11 nitrogen and oxygen atoms in total. The van der Waals surface area contributed by atoms with Crippen LogP contribution in [0.5, 0.6) is 0 Å². The van der Waals surface area contributed by atoms with Crippen LogP contribution in [-0.2, 0) is 32.1 Å². The summed E-state index contributed by atoms with van der Waals surface area (Å²) in [7, 11) is 0. The highest BCUT2D eigenvalue weighted by Gasteiger charge is 2.30. The van der Waals surface area contributed by atoms with Crippen molar-refractivity contribution in [2.45, 2.75) is 44.3 Å². The lowest BCUT2D eigenvalue weighted by molar-refractivity contribution is -0.131. The molecule has 0 saturated heterocycles. The number of H-pyrrole nitrogens is 2. The zero-order valence-corrected chi connectivity index (χ0v) is 22.0. The molecule has 0 bridgehead atoms. The Morgan fingerprint density at radius 1 is 0.897 bits per heavy atom. The van der Waals surface area contributed by atoms with E-state index in [4.69, 9.17) is 16.3 Å². The minimum absolute atomic E-state index is 0.189. The van der Waals surface area contributed by atoms with Crippen LogP contribution in [0.3, 0.4) is 0 Å². The molecule has 11 heteroatoms. The van der Waals surface area contributed by atoms with Crippen LogP contribution in [0.15, 0.2) is 60.9 Å². The summed E-state index contributed by atoms with van der Waals surface area (Å²) in [5, 5.41) is 7.87. The molecule has 2 atom stereocenters. The summed E-state index contributed by atoms with van der Waals surface area (Å²) >= 11 is 0. The van der Waals surface area contributed by atoms with E-state index in [-0.39, 0.29) is 25.5 Å². The lowest BCUT2D eigenvalue weighted by Gasteiger charge is -2.26. The molecule has 206 valence electrons. The molecule has 4 aromatic rings. The number of para-hydroxylation sites is 2. The molecule has 39 heavy (non-hydrogen) atoms. The van der Waals surface area contributed by atoms with Crippen molar-refractivity contribution in [1.82, 2.24) is 26.1 Å². The minimum atomic E-state index is -1.17. The molecule has 0 unspecified atom stereocenters. The Balaban J connectivity index is 1.56. The summed E-state index contributed by atoms with van der Waals surface area (Å²) in [6, 6.07) is 14.3. The van der Waals surface area contributed by atoms with E-state index in [1.807, 2.05) is 60.9 Å². The predicted molar refractivity (Wildman–Crippen MR) is 149 cm³/mol. The minimum Gasteiger partial charge on any atom is -0.368 e. The van der Waals surface area contributed by atoms with Crippen molar-refractivity contribution in [2.75, 3.05) is 13.2 Å². The molecule has 0 saturated carbocycles. The van der Waals surface area contributed by atoms with Crippen molar-refractivity contribution in [3.63, 3.8) is 0 Å². The van der Waals surface area contributed by atoms with Gasteiger partial charge in [0.05, 0.1) is 5.54 Å². The number of nitrogens with one attached hydrogen (secondary N) is 5. The lowest BCUT2D eigenvalue weighted by Crippen LogP contribution is -2.58. The van der Waals surface area contributed by atoms with E-state index in [1.54, 1.807) is 13.8 Å². The largest absolute Gasteiger partial charge is 0.368 e. The van der Waals surface area contributed by atoms with Crippen molar-refractivity contribution >= 4 is 39.5 Å². The molecule has 3 amide bonds. The second-order valence-electron chi connectivity index (χ2n) is 10.2. The fraction of sp³-hybridized carbons (Fsp3) is 0.321. The molecule has 0 aliphatic carbocycles. The van der Waals surface area contributed by atoms with Gasteiger partial charge < -0.3 is 32.1 Å². The molecule has 2 heterocycles. The van der Waals surface area contributed by atoms with Crippen molar-refractivity contribution in [2.24, 2.45) is 11.5 Å². The Hall–Kier alpha value is -4.19. The number of carbonyl (C=O) groups excluding carboxylic acids is 3. The van der Waals surface area contributed by atoms with Gasteiger partial charge in [0.2, 0.25) is 17.7 Å². The average Bonchev–Trinajstić information content (AvgIpc) is 3.49. The van der Waals surface area contributed by atoms with Crippen molar-refractivity contribution in [1.29, 1.82) is 0 Å². The van der Waals surface area contributed by atoms with Gasteiger partial charge in [-0.3, -0.25) is 19.2 Å². The number of hydroxylamine groups is 1. The smallest absolute Gasteiger partial charge is 0.245 e. The third-order valence-electron chi connectivity index (χ3n) is 6.44. The molecular formula is C28H35N7O4. The number of nitrogens with two attached hydrogens (primary N) is 2. The summed E-state index contributed by atoms with van der Waals surface area (Å²) < 4.78 is 0. The maximum Gasteiger partial charge on any atom is 0.245 e. The zero-order chi connectivity index (χ0) is 28.0. The molecule has 9 N–H and O–H groups in total. The van der Waals surface area contributed by atoms with Gasteiger partial charge in [-0.1, -0.05) is 36.4 Å². The Morgan fingerprint density at radius 3 is 2.03 bits per heavy atom. The van der Waals surface area contributed by atoms with Crippen LogP contribution < -0.4 is 27.6 Å². The summed E-state index contributed by atoms with van der Waals surface area (Å²) in [5.41, 5.74) is 16.5. The van der Waals surface area contributed by atoms with Gasteiger partial charge in [0.1, 0.15) is 12.6 Å². The number of hydrogen-bond donors (Lipinski definition) is 7. The Bertz CT molecular complexity index is 1450. The zero-order valence-electron chi connectivity index (χ0n) is 22.0. The van der Waals surface area contributed by atoms with Crippen LogP contribution in [-0.4, -0.2) is 58.5 Å². The quantitative estimate of drug-likeness (QED) is 0.1000. The van der Waals surface area contributed by atoms with Crippen molar-refractivity contribution in [3.8, 4) is 0 Å². The van der Waals surface area contributed by atoms with Crippen molar-refractivity contribution < 1.29 is 19.2 Å². The first-order valence-corrected chi connectivity index (χ1v) is 12.7. The number of primary amides is 1. The molecule has 0 radical (unpaired) electrons. The normalized spacial score (nSPS) is 13.3. The third-order valence-corrected chi connectivity index (χ3v) is 6.44. The van der Waals surface area contributed by atoms with E-state index in [1.165, 1.54) is 0 Å². The van der Waals surface area contributed by atoms with E-state index < -0.39 is 29.4 Å². The SMILES string of the molecule is CC(C)(N)C(=O)N[C@H](Cc1c[nH]c2ccccc12)C(=O)N[C@@H](CNOCC(N)=O)Cc1c[nH]c2ccccc12. The van der Waals surface area contributed by atoms with Gasteiger partial charge in [0, 0.05) is 53.2 Å². The molecule has 0 aliphatic rings. The number of aromatic nitrogens is 2.